The molecule has 3 amide bonds. The van der Waals surface area contributed by atoms with E-state index in [4.69, 9.17) is 0 Å². The molecule has 0 aliphatic carbocycles. The van der Waals surface area contributed by atoms with Crippen molar-refractivity contribution in [1.82, 2.24) is 20.0 Å². The molecule has 2 aliphatic heterocycles. The van der Waals surface area contributed by atoms with E-state index in [2.05, 4.69) is 20.6 Å². The number of carbonyl (C=O) groups excluding carboxylic acids is 3. The van der Waals surface area contributed by atoms with E-state index in [0.29, 0.717) is 29.8 Å². The Kier molecular flexibility index (Phi) is 6.15. The van der Waals surface area contributed by atoms with Gasteiger partial charge in [-0.05, 0) is 56.1 Å². The lowest BCUT2D eigenvalue weighted by molar-refractivity contribution is -0.134. The van der Waals surface area contributed by atoms with E-state index in [1.807, 2.05) is 42.5 Å². The maximum Gasteiger partial charge on any atom is 0.255 e. The summed E-state index contributed by atoms with van der Waals surface area (Å²) in [5, 5.41) is 10.8. The summed E-state index contributed by atoms with van der Waals surface area (Å²) in [6, 6.07) is 13.4. The van der Waals surface area contributed by atoms with Crippen molar-refractivity contribution in [2.24, 2.45) is 7.05 Å². The number of piperidine rings is 2. The Morgan fingerprint density at radius 1 is 1.09 bits per heavy atom. The second-order valence-electron chi connectivity index (χ2n) is 9.20. The van der Waals surface area contributed by atoms with Gasteiger partial charge in [-0.3, -0.25) is 29.3 Å². The van der Waals surface area contributed by atoms with Gasteiger partial charge in [0.05, 0.1) is 22.8 Å². The molecule has 2 N–H and O–H groups in total. The average Bonchev–Trinajstić information content (AvgIpc) is 3.17. The number of aromatic nitrogens is 2. The molecule has 1 unspecified atom stereocenters. The zero-order valence-corrected chi connectivity index (χ0v) is 19.3. The highest BCUT2D eigenvalue weighted by Gasteiger charge is 2.32. The molecule has 8 heteroatoms. The van der Waals surface area contributed by atoms with Crippen molar-refractivity contribution in [2.45, 2.75) is 44.6 Å². The van der Waals surface area contributed by atoms with Gasteiger partial charge in [0.1, 0.15) is 0 Å². The van der Waals surface area contributed by atoms with Crippen molar-refractivity contribution < 1.29 is 14.4 Å². The first-order valence-electron chi connectivity index (χ1n) is 11.9. The number of hydrogen-bond donors (Lipinski definition) is 2. The van der Waals surface area contributed by atoms with Crippen LogP contribution in [0.4, 0.5) is 5.69 Å². The van der Waals surface area contributed by atoms with E-state index in [0.717, 1.165) is 30.5 Å². The number of carbonyl (C=O) groups is 3. The molecule has 0 saturated carbocycles. The lowest BCUT2D eigenvalue weighted by Gasteiger charge is -2.26. The molecule has 3 heterocycles. The van der Waals surface area contributed by atoms with Crippen LogP contribution in [0.25, 0.3) is 10.9 Å². The standard InChI is InChI=1S/C26H29N5O3/c1-30-24-19(23(29-30)20-12-13-22(32)28-26(20)34)6-5-7-21(24)27-25(33)18-10-8-17(9-11-18)16-31-14-3-2-4-15-31/h5-11,20H,2-4,12-16H2,1H3,(H,27,33)(H,28,32,34). The van der Waals surface area contributed by atoms with Crippen LogP contribution in [0.2, 0.25) is 0 Å². The van der Waals surface area contributed by atoms with Gasteiger partial charge in [-0.25, -0.2) is 0 Å². The Balaban J connectivity index is 1.34. The summed E-state index contributed by atoms with van der Waals surface area (Å²) >= 11 is 0. The molecule has 2 aliphatic rings. The summed E-state index contributed by atoms with van der Waals surface area (Å²) in [4.78, 5) is 39.4. The molecule has 0 bridgehead atoms. The van der Waals surface area contributed by atoms with Gasteiger partial charge in [0.2, 0.25) is 11.8 Å². The maximum absolute atomic E-state index is 13.0. The molecule has 34 heavy (non-hydrogen) atoms. The second kappa shape index (κ2) is 9.38. The molecule has 5 rings (SSSR count). The van der Waals surface area contributed by atoms with Crippen molar-refractivity contribution in [3.63, 3.8) is 0 Å². The number of fused-ring (bicyclic) bond motifs is 1. The summed E-state index contributed by atoms with van der Waals surface area (Å²) in [6.07, 6.45) is 4.54. The molecule has 8 nitrogen and oxygen atoms in total. The van der Waals surface area contributed by atoms with Crippen LogP contribution in [0.15, 0.2) is 42.5 Å². The number of amides is 3. The predicted molar refractivity (Wildman–Crippen MR) is 129 cm³/mol. The number of para-hydroxylation sites is 1. The number of likely N-dealkylation sites (tertiary alicyclic amines) is 1. The summed E-state index contributed by atoms with van der Waals surface area (Å²) in [7, 11) is 1.79. The van der Waals surface area contributed by atoms with Crippen LogP contribution in [-0.4, -0.2) is 45.5 Å². The molecular formula is C26H29N5O3. The predicted octanol–water partition coefficient (Wildman–Crippen LogP) is 3.33. The monoisotopic (exact) mass is 459 g/mol. The highest BCUT2D eigenvalue weighted by molar-refractivity contribution is 6.09. The SMILES string of the molecule is Cn1nc(C2CCC(=O)NC2=O)c2cccc(NC(=O)c3ccc(CN4CCCCC4)cc3)c21. The Labute approximate surface area is 198 Å². The van der Waals surface area contributed by atoms with E-state index in [9.17, 15) is 14.4 Å². The summed E-state index contributed by atoms with van der Waals surface area (Å²) in [6.45, 7) is 3.19. The van der Waals surface area contributed by atoms with E-state index >= 15 is 0 Å². The van der Waals surface area contributed by atoms with E-state index < -0.39 is 5.92 Å². The van der Waals surface area contributed by atoms with Crippen LogP contribution in [0.1, 0.15) is 59.6 Å². The Morgan fingerprint density at radius 3 is 2.59 bits per heavy atom. The van der Waals surface area contributed by atoms with Gasteiger partial charge in [-0.1, -0.05) is 30.7 Å². The quantitative estimate of drug-likeness (QED) is 0.571. The largest absolute Gasteiger partial charge is 0.320 e. The fourth-order valence-electron chi connectivity index (χ4n) is 5.01. The minimum absolute atomic E-state index is 0.194. The van der Waals surface area contributed by atoms with Gasteiger partial charge >= 0.3 is 0 Å². The van der Waals surface area contributed by atoms with E-state index in [-0.39, 0.29) is 17.7 Å². The Morgan fingerprint density at radius 2 is 1.85 bits per heavy atom. The summed E-state index contributed by atoms with van der Waals surface area (Å²) in [5.41, 5.74) is 3.80. The molecule has 176 valence electrons. The highest BCUT2D eigenvalue weighted by Crippen LogP contribution is 2.33. The fraction of sp³-hybridized carbons (Fsp3) is 0.385. The number of nitrogens with zero attached hydrogens (tertiary/aromatic N) is 3. The van der Waals surface area contributed by atoms with Gasteiger partial charge < -0.3 is 5.32 Å². The molecule has 0 radical (unpaired) electrons. The molecule has 2 saturated heterocycles. The van der Waals surface area contributed by atoms with Gasteiger partial charge in [0, 0.05) is 31.0 Å². The lowest BCUT2D eigenvalue weighted by atomic mass is 9.92. The minimum atomic E-state index is -0.486. The summed E-state index contributed by atoms with van der Waals surface area (Å²) < 4.78 is 1.69. The van der Waals surface area contributed by atoms with Gasteiger partial charge in [-0.15, -0.1) is 0 Å². The number of anilines is 1. The van der Waals surface area contributed by atoms with Crippen molar-refractivity contribution in [3.05, 3.63) is 59.3 Å². The van der Waals surface area contributed by atoms with Crippen molar-refractivity contribution in [1.29, 1.82) is 0 Å². The number of nitrogens with one attached hydrogen (secondary N) is 2. The van der Waals surface area contributed by atoms with Gasteiger partial charge in [0.25, 0.3) is 5.91 Å². The van der Waals surface area contributed by atoms with Crippen LogP contribution in [0.3, 0.4) is 0 Å². The third-order valence-electron chi connectivity index (χ3n) is 6.78. The molecular weight excluding hydrogens is 430 g/mol. The first-order valence-corrected chi connectivity index (χ1v) is 11.9. The molecule has 0 spiro atoms. The number of imide groups is 1. The van der Waals surface area contributed by atoms with Gasteiger partial charge in [0.15, 0.2) is 0 Å². The average molecular weight is 460 g/mol. The second-order valence-corrected chi connectivity index (χ2v) is 9.20. The fourth-order valence-corrected chi connectivity index (χ4v) is 5.01. The zero-order chi connectivity index (χ0) is 23.7. The third kappa shape index (κ3) is 4.46. The molecule has 3 aromatic rings. The molecule has 1 atom stereocenters. The van der Waals surface area contributed by atoms with E-state index in [1.165, 1.54) is 24.8 Å². The number of aryl methyl sites for hydroxylation is 1. The first kappa shape index (κ1) is 22.3. The summed E-state index contributed by atoms with van der Waals surface area (Å²) in [5.74, 6) is -1.26. The smallest absolute Gasteiger partial charge is 0.255 e. The van der Waals surface area contributed by atoms with Crippen LogP contribution >= 0.6 is 0 Å². The van der Waals surface area contributed by atoms with Crippen molar-refractivity contribution >= 4 is 34.3 Å². The molecule has 1 aromatic heterocycles. The Bertz CT molecular complexity index is 1240. The zero-order valence-electron chi connectivity index (χ0n) is 19.3. The van der Waals surface area contributed by atoms with Gasteiger partial charge in [-0.2, -0.15) is 5.10 Å². The Hall–Kier alpha value is -3.52. The molecule has 2 aromatic carbocycles. The van der Waals surface area contributed by atoms with Crippen molar-refractivity contribution in [2.75, 3.05) is 18.4 Å². The number of benzene rings is 2. The van der Waals surface area contributed by atoms with E-state index in [1.54, 1.807) is 11.7 Å². The number of hydrogen-bond acceptors (Lipinski definition) is 5. The van der Waals surface area contributed by atoms with Crippen LogP contribution in [-0.2, 0) is 23.2 Å². The minimum Gasteiger partial charge on any atom is -0.320 e. The molecule has 2 fully saturated rings. The van der Waals surface area contributed by atoms with Crippen LogP contribution < -0.4 is 10.6 Å². The third-order valence-corrected chi connectivity index (χ3v) is 6.78. The lowest BCUT2D eigenvalue weighted by Crippen LogP contribution is -2.39. The number of rotatable bonds is 5. The maximum atomic E-state index is 13.0. The normalized spacial score (nSPS) is 19.3. The van der Waals surface area contributed by atoms with Crippen molar-refractivity contribution in [3.8, 4) is 0 Å². The first-order chi connectivity index (χ1) is 16.5. The van der Waals surface area contributed by atoms with Crippen LogP contribution in [0.5, 0.6) is 0 Å². The highest BCUT2D eigenvalue weighted by atomic mass is 16.2. The van der Waals surface area contributed by atoms with Crippen LogP contribution in [0, 0.1) is 0 Å². The topological polar surface area (TPSA) is 96.3 Å².